The smallest absolute Gasteiger partial charge is 0.160 e. The number of thioether (sulfide) groups is 1. The number of aromatic nitrogens is 3. The van der Waals surface area contributed by atoms with Crippen LogP contribution in [0.5, 0.6) is 0 Å². The summed E-state index contributed by atoms with van der Waals surface area (Å²) in [5.41, 5.74) is 5.97. The summed E-state index contributed by atoms with van der Waals surface area (Å²) >= 11 is 1.89. The van der Waals surface area contributed by atoms with Crippen molar-refractivity contribution in [3.05, 3.63) is 77.0 Å². The first-order valence-electron chi connectivity index (χ1n) is 10.6. The lowest BCUT2D eigenvalue weighted by atomic mass is 9.95. The third kappa shape index (κ3) is 3.05. The number of pyridine rings is 2. The first-order chi connectivity index (χ1) is 14.6. The Balaban J connectivity index is 1.63. The highest BCUT2D eigenvalue weighted by Gasteiger charge is 2.46. The second kappa shape index (κ2) is 7.58. The van der Waals surface area contributed by atoms with E-state index in [-0.39, 0.29) is 12.1 Å². The van der Waals surface area contributed by atoms with Gasteiger partial charge in [0.15, 0.2) is 5.17 Å². The molecule has 5 nitrogen and oxygen atoms in total. The lowest BCUT2D eigenvalue weighted by Crippen LogP contribution is -2.35. The molecule has 0 N–H and O–H groups in total. The highest BCUT2D eigenvalue weighted by Crippen LogP contribution is 2.49. The molecule has 5 heterocycles. The van der Waals surface area contributed by atoms with E-state index in [1.807, 2.05) is 30.2 Å². The number of hydrogen-bond donors (Lipinski definition) is 0. The molecule has 0 amide bonds. The third-order valence-corrected chi connectivity index (χ3v) is 7.37. The van der Waals surface area contributed by atoms with Crippen LogP contribution in [0, 0.1) is 20.8 Å². The van der Waals surface area contributed by atoms with Crippen LogP contribution in [-0.4, -0.2) is 36.4 Å². The number of aryl methyl sites for hydroxylation is 2. The summed E-state index contributed by atoms with van der Waals surface area (Å²) in [6, 6.07) is 13.4. The third-order valence-electron chi connectivity index (χ3n) is 6.24. The zero-order valence-corrected chi connectivity index (χ0v) is 18.7. The molecule has 1 fully saturated rings. The van der Waals surface area contributed by atoms with Gasteiger partial charge in [-0.2, -0.15) is 0 Å². The molecule has 0 radical (unpaired) electrons. The topological polar surface area (TPSA) is 46.3 Å². The largest absolute Gasteiger partial charge is 0.338 e. The van der Waals surface area contributed by atoms with Gasteiger partial charge in [-0.3, -0.25) is 9.98 Å². The van der Waals surface area contributed by atoms with E-state index in [1.54, 1.807) is 0 Å². The van der Waals surface area contributed by atoms with Gasteiger partial charge in [0, 0.05) is 35.6 Å². The van der Waals surface area contributed by atoms with Gasteiger partial charge in [-0.25, -0.2) is 4.98 Å². The minimum Gasteiger partial charge on any atom is -0.338 e. The molecule has 0 aromatic carbocycles. The van der Waals surface area contributed by atoms with Crippen molar-refractivity contribution >= 4 is 16.9 Å². The van der Waals surface area contributed by atoms with Crippen molar-refractivity contribution < 1.29 is 0 Å². The van der Waals surface area contributed by atoms with E-state index in [1.165, 1.54) is 27.7 Å². The minimum absolute atomic E-state index is 0.0166. The highest BCUT2D eigenvalue weighted by molar-refractivity contribution is 8.14. The maximum absolute atomic E-state index is 5.16. The molecule has 0 bridgehead atoms. The Labute approximate surface area is 182 Å². The molecule has 2 aliphatic rings. The van der Waals surface area contributed by atoms with Gasteiger partial charge in [0.2, 0.25) is 0 Å². The summed E-state index contributed by atoms with van der Waals surface area (Å²) in [5, 5.41) is 1.17. The number of fused-ring (bicyclic) bond motifs is 1. The van der Waals surface area contributed by atoms with Crippen LogP contribution >= 0.6 is 11.8 Å². The molecule has 2 aliphatic heterocycles. The second-order valence-corrected chi connectivity index (χ2v) is 9.18. The van der Waals surface area contributed by atoms with Gasteiger partial charge in [0.1, 0.15) is 11.9 Å². The summed E-state index contributed by atoms with van der Waals surface area (Å²) in [6.45, 7) is 8.73. The molecule has 30 heavy (non-hydrogen) atoms. The highest BCUT2D eigenvalue weighted by atomic mass is 32.2. The summed E-state index contributed by atoms with van der Waals surface area (Å²) in [7, 11) is 0. The molecular formula is C24H27N5S. The fourth-order valence-electron chi connectivity index (χ4n) is 4.72. The quantitative estimate of drug-likeness (QED) is 0.587. The van der Waals surface area contributed by atoms with Crippen molar-refractivity contribution in [1.29, 1.82) is 0 Å². The molecule has 3 atom stereocenters. The predicted octanol–water partition coefficient (Wildman–Crippen LogP) is 5.17. The monoisotopic (exact) mass is 417 g/mol. The van der Waals surface area contributed by atoms with Crippen LogP contribution in [0.15, 0.2) is 53.8 Å². The van der Waals surface area contributed by atoms with Crippen LogP contribution in [0.1, 0.15) is 53.6 Å². The summed E-state index contributed by atoms with van der Waals surface area (Å²) in [6.07, 6.45) is 4.93. The number of hydrogen-bond acceptors (Lipinski definition) is 5. The Morgan fingerprint density at radius 2 is 1.97 bits per heavy atom. The van der Waals surface area contributed by atoms with E-state index in [2.05, 4.69) is 77.5 Å². The molecule has 0 spiro atoms. The molecule has 5 rings (SSSR count). The molecule has 3 aromatic heterocycles. The van der Waals surface area contributed by atoms with Gasteiger partial charge >= 0.3 is 0 Å². The molecular weight excluding hydrogens is 390 g/mol. The number of rotatable bonds is 4. The molecule has 0 aliphatic carbocycles. The van der Waals surface area contributed by atoms with Gasteiger partial charge in [-0.05, 0) is 62.6 Å². The van der Waals surface area contributed by atoms with Gasteiger partial charge in [0.05, 0.1) is 11.7 Å². The maximum atomic E-state index is 5.16. The first-order valence-corrected chi connectivity index (χ1v) is 11.6. The van der Waals surface area contributed by atoms with Crippen molar-refractivity contribution in [2.24, 2.45) is 4.99 Å². The lowest BCUT2D eigenvalue weighted by molar-refractivity contribution is 0.254. The zero-order valence-electron chi connectivity index (χ0n) is 17.9. The van der Waals surface area contributed by atoms with E-state index in [0.29, 0.717) is 6.04 Å². The molecule has 0 saturated carbocycles. The SMILES string of the molecule is CC[C@@H]1CSC2=N[C@@H](c3ccccn3)[C@@H](c3cc(C)n(-c4ccc(C)cn4)c3C)N21. The molecule has 1 saturated heterocycles. The average Bonchev–Trinajstić information content (AvgIpc) is 3.41. The van der Waals surface area contributed by atoms with Crippen molar-refractivity contribution in [3.63, 3.8) is 0 Å². The van der Waals surface area contributed by atoms with E-state index in [9.17, 15) is 0 Å². The predicted molar refractivity (Wildman–Crippen MR) is 123 cm³/mol. The van der Waals surface area contributed by atoms with Crippen molar-refractivity contribution in [2.75, 3.05) is 5.75 Å². The van der Waals surface area contributed by atoms with Crippen LogP contribution in [0.3, 0.4) is 0 Å². The standard InChI is InChI=1S/C24H27N5S/c1-5-18-14-30-24-27-22(20-8-6-7-11-25-20)23(29(18)24)19-12-16(3)28(17(19)4)21-10-9-15(2)13-26-21/h6-13,18,22-23H,5,14H2,1-4H3/t18-,22+,23-/m1/s1. The number of aliphatic imine (C=N–C) groups is 1. The Kier molecular flexibility index (Phi) is 4.89. The second-order valence-electron chi connectivity index (χ2n) is 8.19. The lowest BCUT2D eigenvalue weighted by Gasteiger charge is -2.32. The minimum atomic E-state index is 0.0166. The fraction of sp³-hybridized carbons (Fsp3) is 0.375. The van der Waals surface area contributed by atoms with E-state index in [4.69, 9.17) is 4.99 Å². The molecule has 6 heteroatoms. The van der Waals surface area contributed by atoms with Gasteiger partial charge in [0.25, 0.3) is 0 Å². The zero-order chi connectivity index (χ0) is 20.8. The average molecular weight is 418 g/mol. The van der Waals surface area contributed by atoms with Gasteiger partial charge in [-0.15, -0.1) is 0 Å². The van der Waals surface area contributed by atoms with E-state index >= 15 is 0 Å². The summed E-state index contributed by atoms with van der Waals surface area (Å²) in [4.78, 5) is 17.1. The van der Waals surface area contributed by atoms with Crippen molar-refractivity contribution in [2.45, 2.75) is 52.2 Å². The van der Waals surface area contributed by atoms with Crippen LogP contribution in [0.25, 0.3) is 5.82 Å². The van der Waals surface area contributed by atoms with Crippen LogP contribution in [0.4, 0.5) is 0 Å². The Hall–Kier alpha value is -2.60. The van der Waals surface area contributed by atoms with E-state index in [0.717, 1.165) is 23.7 Å². The molecule has 154 valence electrons. The maximum Gasteiger partial charge on any atom is 0.160 e. The molecule has 3 aromatic rings. The Morgan fingerprint density at radius 1 is 1.10 bits per heavy atom. The van der Waals surface area contributed by atoms with E-state index < -0.39 is 0 Å². The molecule has 0 unspecified atom stereocenters. The van der Waals surface area contributed by atoms with Gasteiger partial charge < -0.3 is 9.47 Å². The normalized spacial score (nSPS) is 23.0. The Morgan fingerprint density at radius 3 is 2.67 bits per heavy atom. The van der Waals surface area contributed by atoms with Crippen molar-refractivity contribution in [3.8, 4) is 5.82 Å². The summed E-state index contributed by atoms with van der Waals surface area (Å²) < 4.78 is 2.27. The van der Waals surface area contributed by atoms with Crippen LogP contribution in [-0.2, 0) is 0 Å². The van der Waals surface area contributed by atoms with Gasteiger partial charge in [-0.1, -0.05) is 30.8 Å². The number of nitrogens with zero attached hydrogens (tertiary/aromatic N) is 5. The Bertz CT molecular complexity index is 1090. The van der Waals surface area contributed by atoms with Crippen LogP contribution in [0.2, 0.25) is 0 Å². The number of amidine groups is 1. The van der Waals surface area contributed by atoms with Crippen molar-refractivity contribution in [1.82, 2.24) is 19.4 Å². The summed E-state index contributed by atoms with van der Waals surface area (Å²) in [5.74, 6) is 2.08. The van der Waals surface area contributed by atoms with Crippen LogP contribution < -0.4 is 0 Å². The fourth-order valence-corrected chi connectivity index (χ4v) is 6.06. The first kappa shape index (κ1) is 19.4.